The first kappa shape index (κ1) is 68.8. The van der Waals surface area contributed by atoms with Crippen LogP contribution in [0, 0.1) is 26.6 Å². The lowest BCUT2D eigenvalue weighted by atomic mass is 9.92. The van der Waals surface area contributed by atoms with Gasteiger partial charge in [0.05, 0.1) is 77.8 Å². The number of carboxylic acid groups (broad SMARTS) is 1. The molecule has 90 heavy (non-hydrogen) atoms. The number of fused-ring (bicyclic) bond motifs is 1. The predicted molar refractivity (Wildman–Crippen MR) is 348 cm³/mol. The Morgan fingerprint density at radius 1 is 0.800 bits per heavy atom. The zero-order chi connectivity index (χ0) is 64.8. The van der Waals surface area contributed by atoms with Crippen LogP contribution in [-0.4, -0.2) is 127 Å². The molecule has 3 heterocycles. The monoisotopic (exact) mass is 1330 g/mol. The third-order valence-electron chi connectivity index (χ3n) is 14.8. The maximum Gasteiger partial charge on any atom is 0.345 e. The maximum absolute atomic E-state index is 14.7. The molecule has 0 fully saturated rings. The second-order valence-corrected chi connectivity index (χ2v) is 30.5. The summed E-state index contributed by atoms with van der Waals surface area (Å²) in [5.41, 5.74) is 4.93. The molecule has 0 bridgehead atoms. The van der Waals surface area contributed by atoms with E-state index in [1.807, 2.05) is 31.2 Å². The number of aryl methyl sites for hydroxylation is 1. The highest BCUT2D eigenvalue weighted by molar-refractivity contribution is 7.86. The van der Waals surface area contributed by atoms with Crippen molar-refractivity contribution in [1.29, 1.82) is 0 Å². The molecule has 2 atom stereocenters. The number of thiophene rings is 1. The van der Waals surface area contributed by atoms with E-state index in [-0.39, 0.29) is 64.5 Å². The van der Waals surface area contributed by atoms with E-state index in [2.05, 4.69) is 55.4 Å². The number of nitrogens with zero attached hydrogens (tertiary/aromatic N) is 4. The summed E-state index contributed by atoms with van der Waals surface area (Å²) < 4.78 is 101. The van der Waals surface area contributed by atoms with Crippen LogP contribution in [0.25, 0.3) is 43.2 Å². The van der Waals surface area contributed by atoms with E-state index in [4.69, 9.17) is 74.7 Å². The second-order valence-electron chi connectivity index (χ2n) is 22.4. The van der Waals surface area contributed by atoms with E-state index in [9.17, 15) is 22.7 Å². The lowest BCUT2D eigenvalue weighted by Crippen LogP contribution is -2.43. The fourth-order valence-corrected chi connectivity index (χ4v) is 12.7. The number of carbonyl (C=O) groups is 1. The molecule has 0 saturated heterocycles. The molecular formula is C66H73Cl2FN4O14S2Si. The predicted octanol–water partition coefficient (Wildman–Crippen LogP) is 14.3. The quantitative estimate of drug-likeness (QED) is 0.0175. The number of halogens is 3. The van der Waals surface area contributed by atoms with Crippen LogP contribution in [-0.2, 0) is 51.1 Å². The molecule has 24 heteroatoms. The van der Waals surface area contributed by atoms with Gasteiger partial charge in [-0.05, 0) is 122 Å². The molecule has 3 aromatic heterocycles. The Hall–Kier alpha value is -7.09. The largest absolute Gasteiger partial charge is 0.543 e. The lowest BCUT2D eigenvalue weighted by Gasteiger charge is -2.36. The minimum absolute atomic E-state index is 0.0183. The summed E-state index contributed by atoms with van der Waals surface area (Å²) in [5, 5.41) is 11.4. The topological polar surface area (TPSA) is 215 Å². The molecule has 0 aliphatic rings. The second kappa shape index (κ2) is 31.3. The van der Waals surface area contributed by atoms with Crippen molar-refractivity contribution in [3.05, 3.63) is 166 Å². The smallest absolute Gasteiger partial charge is 0.345 e. The summed E-state index contributed by atoms with van der Waals surface area (Å²) >= 11 is 15.9. The summed E-state index contributed by atoms with van der Waals surface area (Å²) in [6.45, 7) is 21.6. The van der Waals surface area contributed by atoms with Crippen LogP contribution in [0.5, 0.6) is 28.9 Å². The normalized spacial score (nSPS) is 12.6. The van der Waals surface area contributed by atoms with Gasteiger partial charge in [-0.3, -0.25) is 4.18 Å². The van der Waals surface area contributed by atoms with Crippen molar-refractivity contribution in [2.45, 2.75) is 89.8 Å². The molecule has 0 unspecified atom stereocenters. The molecule has 18 nitrogen and oxygen atoms in total. The van der Waals surface area contributed by atoms with Crippen LogP contribution >= 0.6 is 34.5 Å². The molecule has 0 aliphatic heterocycles. The standard InChI is InChI=1S/C66H73Cl2FN4O14S2Si/c1-11-28-81-38-49(39-84-89(76,77)50-23-16-41(2)17-24-50)85-60-58(67)42(3)55(43(4)59(60)68)56-57-63(71-40-72-64(57)88-61(56)44-18-20-46(69)21-19-44)86-54(65(74)75)36-45-35-48(87-90(9,10)66(5,6)7)22-25-52(45)83-37-47-26-27-70-62(73-47)51-14-12-13-15-53(51)82-34-33-80-32-31-79-30-29-78-8/h11-27,35,40,49,54H,1,28-34,36-39H2,2-10H3,(H,74,75)/t49-,54-/m1/s1. The van der Waals surface area contributed by atoms with Gasteiger partial charge < -0.3 is 47.4 Å². The van der Waals surface area contributed by atoms with Gasteiger partial charge in [-0.25, -0.2) is 29.1 Å². The summed E-state index contributed by atoms with van der Waals surface area (Å²) in [7, 11) is -5.05. The van der Waals surface area contributed by atoms with Crippen molar-refractivity contribution < 1.29 is 69.2 Å². The van der Waals surface area contributed by atoms with E-state index >= 15 is 0 Å². The lowest BCUT2D eigenvalue weighted by molar-refractivity contribution is -0.145. The molecule has 8 aromatic rings. The van der Waals surface area contributed by atoms with Crippen molar-refractivity contribution in [1.82, 2.24) is 19.9 Å². The van der Waals surface area contributed by atoms with Crippen LogP contribution in [0.4, 0.5) is 4.39 Å². The molecule has 5 aromatic carbocycles. The Bertz CT molecular complexity index is 3860. The Balaban J connectivity index is 1.13. The highest BCUT2D eigenvalue weighted by Gasteiger charge is 2.39. The summed E-state index contributed by atoms with van der Waals surface area (Å²) in [6.07, 6.45) is 1.55. The fourth-order valence-electron chi connectivity index (χ4n) is 9.05. The van der Waals surface area contributed by atoms with Gasteiger partial charge in [-0.1, -0.05) is 92.0 Å². The molecule has 1 N–H and O–H groups in total. The van der Waals surface area contributed by atoms with Gasteiger partial charge in [0.2, 0.25) is 20.3 Å². The van der Waals surface area contributed by atoms with Gasteiger partial charge >= 0.3 is 5.97 Å². The highest BCUT2D eigenvalue weighted by atomic mass is 35.5. The Morgan fingerprint density at radius 3 is 2.17 bits per heavy atom. The van der Waals surface area contributed by atoms with Crippen molar-refractivity contribution in [3.63, 3.8) is 0 Å². The maximum atomic E-state index is 14.7. The van der Waals surface area contributed by atoms with E-state index in [1.54, 1.807) is 75.7 Å². The Labute approximate surface area is 539 Å². The molecule has 0 amide bonds. The van der Waals surface area contributed by atoms with E-state index in [0.29, 0.717) is 116 Å². The Morgan fingerprint density at radius 2 is 1.49 bits per heavy atom. The average Bonchev–Trinajstić information content (AvgIpc) is 1.59. The summed E-state index contributed by atoms with van der Waals surface area (Å²) in [5.74, 6) is -0.0359. The van der Waals surface area contributed by atoms with Crippen LogP contribution < -0.4 is 23.4 Å². The first-order valence-corrected chi connectivity index (χ1v) is 34.7. The van der Waals surface area contributed by atoms with Gasteiger partial charge in [-0.15, -0.1) is 17.9 Å². The minimum Gasteiger partial charge on any atom is -0.543 e. The third kappa shape index (κ3) is 17.5. The highest BCUT2D eigenvalue weighted by Crippen LogP contribution is 2.53. The number of para-hydroxylation sites is 1. The van der Waals surface area contributed by atoms with Crippen LogP contribution in [0.15, 0.2) is 127 Å². The zero-order valence-electron chi connectivity index (χ0n) is 51.6. The molecular weight excluding hydrogens is 1250 g/mol. The fraction of sp³-hybridized carbons (Fsp3) is 0.348. The number of rotatable bonds is 33. The van der Waals surface area contributed by atoms with E-state index < -0.39 is 49.0 Å². The number of aromatic nitrogens is 4. The van der Waals surface area contributed by atoms with Gasteiger partial charge in [0.25, 0.3) is 10.1 Å². The van der Waals surface area contributed by atoms with Crippen molar-refractivity contribution in [2.24, 2.45) is 0 Å². The number of benzene rings is 5. The number of methoxy groups -OCH3 is 1. The Kier molecular flexibility index (Phi) is 23.9. The van der Waals surface area contributed by atoms with Gasteiger partial charge in [0.1, 0.15) is 60.1 Å². The van der Waals surface area contributed by atoms with Crippen LogP contribution in [0.3, 0.4) is 0 Å². The van der Waals surface area contributed by atoms with Crippen LogP contribution in [0.1, 0.15) is 48.7 Å². The van der Waals surface area contributed by atoms with Crippen molar-refractivity contribution in [3.8, 4) is 61.8 Å². The molecule has 0 saturated carbocycles. The number of hydrogen-bond acceptors (Lipinski definition) is 18. The van der Waals surface area contributed by atoms with Gasteiger partial charge in [0, 0.05) is 35.7 Å². The number of hydrogen-bond donors (Lipinski definition) is 1. The SMILES string of the molecule is C=CCOC[C@H](COS(=O)(=O)c1ccc(C)cc1)Oc1c(Cl)c(C)c(-c2c(-c3ccc(F)cc3)sc3ncnc(O[C@H](Cc4cc(O[Si](C)(C)C(C)(C)C)ccc4OCc4ccnc(-c5ccccc5OCCOCCOCCOC)n4)C(=O)O)c23)c(C)c1Cl. The average molecular weight is 1330 g/mol. The zero-order valence-corrected chi connectivity index (χ0v) is 55.7. The number of aliphatic carboxylic acids is 1. The first-order chi connectivity index (χ1) is 43.0. The molecule has 0 spiro atoms. The van der Waals surface area contributed by atoms with Crippen molar-refractivity contribution >= 4 is 69.2 Å². The van der Waals surface area contributed by atoms with Gasteiger partial charge in [-0.2, -0.15) is 8.42 Å². The third-order valence-corrected chi connectivity index (χ3v) is 22.5. The number of carboxylic acids is 1. The summed E-state index contributed by atoms with van der Waals surface area (Å²) in [4.78, 5) is 33.3. The molecule has 0 radical (unpaired) electrons. The van der Waals surface area contributed by atoms with Crippen molar-refractivity contribution in [2.75, 3.05) is 66.6 Å². The summed E-state index contributed by atoms with van der Waals surface area (Å²) in [6, 6.07) is 26.6. The number of ether oxygens (including phenoxy) is 8. The first-order valence-electron chi connectivity index (χ1n) is 28.9. The van der Waals surface area contributed by atoms with Crippen LogP contribution in [0.2, 0.25) is 28.2 Å². The van der Waals surface area contributed by atoms with E-state index in [0.717, 1.165) is 5.56 Å². The molecule has 8 rings (SSSR count). The van der Waals surface area contributed by atoms with Gasteiger partial charge in [0.15, 0.2) is 11.6 Å². The molecule has 478 valence electrons. The molecule has 0 aliphatic carbocycles. The minimum atomic E-state index is -4.23. The van der Waals surface area contributed by atoms with E-state index in [1.165, 1.54) is 48.0 Å².